The molecule has 1 N–H and O–H groups in total. The topological polar surface area (TPSA) is 162 Å². The molecular weight excluding hydrogens is 739 g/mol. The molecule has 0 spiro atoms. The lowest BCUT2D eigenvalue weighted by Gasteiger charge is -2.34. The van der Waals surface area contributed by atoms with Crippen LogP contribution in [-0.4, -0.2) is 135 Å². The lowest BCUT2D eigenvalue weighted by molar-refractivity contribution is 0.215. The first-order valence-electron chi connectivity index (χ1n) is 16.2. The molecule has 18 heteroatoms. The Morgan fingerprint density at radius 2 is 1.08 bits per heavy atom. The minimum atomic E-state index is -3.39. The van der Waals surface area contributed by atoms with E-state index in [2.05, 4.69) is 24.8 Å². The van der Waals surface area contributed by atoms with Gasteiger partial charge in [0.15, 0.2) is 0 Å². The second-order valence-corrected chi connectivity index (χ2v) is 16.5. The summed E-state index contributed by atoms with van der Waals surface area (Å²) in [5.74, 6) is 1.27. The number of hydrogen-bond donors (Lipinski definition) is 1. The van der Waals surface area contributed by atoms with Crippen LogP contribution in [0.25, 0.3) is 22.8 Å². The van der Waals surface area contributed by atoms with Crippen molar-refractivity contribution >= 4 is 54.9 Å². The molecule has 2 fully saturated rings. The van der Waals surface area contributed by atoms with Crippen molar-refractivity contribution in [2.45, 2.75) is 0 Å². The number of aliphatic hydroxyl groups is 1. The highest BCUT2D eigenvalue weighted by Crippen LogP contribution is 2.29. The van der Waals surface area contributed by atoms with Gasteiger partial charge in [-0.25, -0.2) is 26.8 Å². The van der Waals surface area contributed by atoms with Crippen molar-refractivity contribution in [2.75, 3.05) is 94.0 Å². The van der Waals surface area contributed by atoms with Crippen LogP contribution < -0.4 is 9.80 Å². The molecule has 14 nitrogen and oxygen atoms in total. The monoisotopic (exact) mass is 778 g/mol. The summed E-state index contributed by atoms with van der Waals surface area (Å²) in [5.41, 5.74) is 2.63. The Morgan fingerprint density at radius 1 is 0.647 bits per heavy atom. The third-order valence-electron chi connectivity index (χ3n) is 8.28. The van der Waals surface area contributed by atoms with Gasteiger partial charge in [-0.3, -0.25) is 9.97 Å². The number of sulfonamides is 2. The highest BCUT2D eigenvalue weighted by Gasteiger charge is 2.28. The molecule has 2 aliphatic heterocycles. The van der Waals surface area contributed by atoms with Crippen LogP contribution >= 0.6 is 23.2 Å². The van der Waals surface area contributed by atoms with Crippen LogP contribution in [0.4, 0.5) is 11.6 Å². The third-order valence-corrected chi connectivity index (χ3v) is 12.6. The lowest BCUT2D eigenvalue weighted by Crippen LogP contribution is -2.49. The standard InChI is InChI=1S/C17H21ClN4O3S.C16H19ClN4O3S/c1-25-12-13-26(23,24)22-10-8-21(9-11-22)16-6-5-14(18)17(20-16)15-4-2-3-7-19-15;17-13-4-5-15(19-16(13)14-3-1-2-6-18-14)20-7-9-21(10-8-20)25(23,24)12-11-22/h2-7H,8-13H2,1H3;1-6,22H,7-12H2. The number of hydrogen-bond acceptors (Lipinski definition) is 12. The largest absolute Gasteiger partial charge is 0.395 e. The molecule has 2 saturated heterocycles. The Balaban J connectivity index is 0.000000198. The molecule has 6 rings (SSSR count). The minimum Gasteiger partial charge on any atom is -0.395 e. The van der Waals surface area contributed by atoms with E-state index < -0.39 is 20.0 Å². The number of anilines is 2. The third kappa shape index (κ3) is 10.1. The van der Waals surface area contributed by atoms with Crippen LogP contribution in [0, 0.1) is 0 Å². The van der Waals surface area contributed by atoms with E-state index in [1.807, 2.05) is 53.4 Å². The van der Waals surface area contributed by atoms with Gasteiger partial charge in [0, 0.05) is 71.9 Å². The zero-order chi connectivity index (χ0) is 36.4. The Kier molecular flexibility index (Phi) is 13.5. The summed E-state index contributed by atoms with van der Waals surface area (Å²) in [7, 11) is -5.17. The van der Waals surface area contributed by atoms with Crippen LogP contribution in [-0.2, 0) is 24.8 Å². The van der Waals surface area contributed by atoms with Crippen LogP contribution in [0.3, 0.4) is 0 Å². The van der Waals surface area contributed by atoms with Crippen LogP contribution in [0.15, 0.2) is 73.1 Å². The summed E-state index contributed by atoms with van der Waals surface area (Å²) in [6.07, 6.45) is 3.38. The zero-order valence-corrected chi connectivity index (χ0v) is 31.2. The molecule has 0 radical (unpaired) electrons. The van der Waals surface area contributed by atoms with Gasteiger partial charge in [0.25, 0.3) is 0 Å². The number of methoxy groups -OCH3 is 1. The Labute approximate surface area is 308 Å². The molecule has 274 valence electrons. The van der Waals surface area contributed by atoms with Gasteiger partial charge in [-0.1, -0.05) is 35.3 Å². The smallest absolute Gasteiger partial charge is 0.216 e. The predicted octanol–water partition coefficient (Wildman–Crippen LogP) is 3.14. The van der Waals surface area contributed by atoms with Gasteiger partial charge in [0.1, 0.15) is 23.0 Å². The second-order valence-electron chi connectivity index (χ2n) is 11.6. The fourth-order valence-corrected chi connectivity index (χ4v) is 8.50. The molecule has 4 aromatic rings. The van der Waals surface area contributed by atoms with Crippen molar-refractivity contribution in [1.29, 1.82) is 0 Å². The van der Waals surface area contributed by atoms with E-state index in [1.54, 1.807) is 24.5 Å². The Hall–Kier alpha value is -3.48. The highest BCUT2D eigenvalue weighted by molar-refractivity contribution is 7.89. The van der Waals surface area contributed by atoms with Crippen molar-refractivity contribution in [3.05, 3.63) is 83.1 Å². The van der Waals surface area contributed by atoms with Gasteiger partial charge < -0.3 is 19.6 Å². The molecule has 0 amide bonds. The molecule has 0 saturated carbocycles. The summed E-state index contributed by atoms with van der Waals surface area (Å²) in [6, 6.07) is 18.4. The highest BCUT2D eigenvalue weighted by atomic mass is 35.5. The van der Waals surface area contributed by atoms with Crippen molar-refractivity contribution in [3.63, 3.8) is 0 Å². The first-order chi connectivity index (χ1) is 24.5. The number of pyridine rings is 4. The van der Waals surface area contributed by atoms with Crippen molar-refractivity contribution in [2.24, 2.45) is 0 Å². The van der Waals surface area contributed by atoms with Crippen molar-refractivity contribution in [1.82, 2.24) is 28.5 Å². The summed E-state index contributed by atoms with van der Waals surface area (Å²) in [6.45, 7) is 3.62. The second kappa shape index (κ2) is 17.8. The van der Waals surface area contributed by atoms with Gasteiger partial charge in [0.2, 0.25) is 20.0 Å². The fourth-order valence-electron chi connectivity index (χ4n) is 5.53. The summed E-state index contributed by atoms with van der Waals surface area (Å²) < 4.78 is 56.4. The van der Waals surface area contributed by atoms with Gasteiger partial charge in [-0.05, 0) is 48.5 Å². The van der Waals surface area contributed by atoms with Gasteiger partial charge >= 0.3 is 0 Å². The number of ether oxygens (including phenoxy) is 1. The van der Waals surface area contributed by atoms with Crippen LogP contribution in [0.1, 0.15) is 0 Å². The molecule has 4 aromatic heterocycles. The number of aromatic nitrogens is 4. The van der Waals surface area contributed by atoms with E-state index in [1.165, 1.54) is 15.7 Å². The number of nitrogens with zero attached hydrogens (tertiary/aromatic N) is 8. The van der Waals surface area contributed by atoms with E-state index in [0.29, 0.717) is 85.2 Å². The average molecular weight is 780 g/mol. The average Bonchev–Trinajstić information content (AvgIpc) is 3.15. The molecular formula is C33H40Cl2N8O6S2. The quantitative estimate of drug-likeness (QED) is 0.237. The van der Waals surface area contributed by atoms with Gasteiger partial charge in [0.05, 0.1) is 46.2 Å². The fraction of sp³-hybridized carbons (Fsp3) is 0.394. The maximum Gasteiger partial charge on any atom is 0.216 e. The van der Waals surface area contributed by atoms with Gasteiger partial charge in [-0.15, -0.1) is 0 Å². The number of rotatable bonds is 11. The maximum absolute atomic E-state index is 12.3. The Bertz CT molecular complexity index is 1950. The van der Waals surface area contributed by atoms with Crippen LogP contribution in [0.5, 0.6) is 0 Å². The first kappa shape index (κ1) is 38.7. The molecule has 51 heavy (non-hydrogen) atoms. The maximum atomic E-state index is 12.3. The van der Waals surface area contributed by atoms with Crippen molar-refractivity contribution in [3.8, 4) is 22.8 Å². The summed E-state index contributed by atoms with van der Waals surface area (Å²) in [5, 5.41) is 9.94. The lowest BCUT2D eigenvalue weighted by atomic mass is 10.2. The van der Waals surface area contributed by atoms with E-state index in [9.17, 15) is 16.8 Å². The van der Waals surface area contributed by atoms with Gasteiger partial charge in [-0.2, -0.15) is 8.61 Å². The predicted molar refractivity (Wildman–Crippen MR) is 199 cm³/mol. The molecule has 0 aromatic carbocycles. The van der Waals surface area contributed by atoms with E-state index in [-0.39, 0.29) is 24.7 Å². The Morgan fingerprint density at radius 3 is 1.45 bits per heavy atom. The molecule has 0 bridgehead atoms. The SMILES string of the molecule is COCCS(=O)(=O)N1CCN(c2ccc(Cl)c(-c3ccccn3)n2)CC1.O=S(=O)(CCO)N1CCN(c2ccc(Cl)c(-c3ccccn3)n2)CC1. The van der Waals surface area contributed by atoms with Crippen LogP contribution in [0.2, 0.25) is 10.0 Å². The summed E-state index contributed by atoms with van der Waals surface area (Å²) in [4.78, 5) is 21.9. The molecule has 0 atom stereocenters. The van der Waals surface area contributed by atoms with E-state index in [4.69, 9.17) is 33.0 Å². The van der Waals surface area contributed by atoms with Crippen molar-refractivity contribution < 1.29 is 26.7 Å². The van der Waals surface area contributed by atoms with E-state index in [0.717, 1.165) is 11.6 Å². The first-order valence-corrected chi connectivity index (χ1v) is 20.2. The van der Waals surface area contributed by atoms with E-state index >= 15 is 0 Å². The minimum absolute atomic E-state index is 0.00647. The molecule has 2 aliphatic rings. The number of piperazine rings is 2. The number of halogens is 2. The molecule has 0 aliphatic carbocycles. The normalized spacial score (nSPS) is 16.1. The molecule has 0 unspecified atom stereocenters. The number of aliphatic hydroxyl groups excluding tert-OH is 1. The molecule has 6 heterocycles. The zero-order valence-electron chi connectivity index (χ0n) is 28.1. The summed E-state index contributed by atoms with van der Waals surface area (Å²) >= 11 is 12.5.